The molecule has 0 aliphatic rings. The van der Waals surface area contributed by atoms with Gasteiger partial charge in [0.25, 0.3) is 0 Å². The van der Waals surface area contributed by atoms with Crippen molar-refractivity contribution in [2.45, 2.75) is 0 Å². The molecule has 3 rings (SSSR count). The molecule has 0 radical (unpaired) electrons. The third kappa shape index (κ3) is 1.49. The number of oxime groups is 1. The highest BCUT2D eigenvalue weighted by Gasteiger charge is 2.09. The maximum atomic E-state index is 8.73. The monoisotopic (exact) mass is 242 g/mol. The molecule has 0 aliphatic heterocycles. The average molecular weight is 242 g/mol. The first-order valence-electron chi connectivity index (χ1n) is 5.25. The second-order valence-electron chi connectivity index (χ2n) is 3.67. The number of fused-ring (bicyclic) bond motifs is 1. The van der Waals surface area contributed by atoms with E-state index >= 15 is 0 Å². The highest BCUT2D eigenvalue weighted by atomic mass is 16.4. The lowest BCUT2D eigenvalue weighted by atomic mass is 10.4. The van der Waals surface area contributed by atoms with Crippen LogP contribution in [-0.2, 0) is 0 Å². The van der Waals surface area contributed by atoms with E-state index in [1.165, 1.54) is 0 Å². The lowest BCUT2D eigenvalue weighted by Crippen LogP contribution is -2.17. The maximum Gasteiger partial charge on any atom is 0.187 e. The Kier molecular flexibility index (Phi) is 2.23. The third-order valence-corrected chi connectivity index (χ3v) is 2.61. The Morgan fingerprint density at radius 2 is 2.17 bits per heavy atom. The smallest absolute Gasteiger partial charge is 0.187 e. The molecule has 0 spiro atoms. The summed E-state index contributed by atoms with van der Waals surface area (Å²) in [6.45, 7) is 0. The fraction of sp³-hybridized carbons (Fsp3) is 0. The van der Waals surface area contributed by atoms with E-state index in [4.69, 9.17) is 10.9 Å². The van der Waals surface area contributed by atoms with E-state index < -0.39 is 0 Å². The zero-order chi connectivity index (χ0) is 12.5. The van der Waals surface area contributed by atoms with Crippen LogP contribution in [0.3, 0.4) is 0 Å². The number of rotatable bonds is 2. The number of amidine groups is 1. The van der Waals surface area contributed by atoms with Gasteiger partial charge in [-0.2, -0.15) is 5.10 Å². The molecule has 7 heteroatoms. The second kappa shape index (κ2) is 3.88. The minimum absolute atomic E-state index is 0.0372. The van der Waals surface area contributed by atoms with Gasteiger partial charge < -0.3 is 10.9 Å². The zero-order valence-electron chi connectivity index (χ0n) is 9.30. The quantitative estimate of drug-likeness (QED) is 0.298. The molecule has 0 fully saturated rings. The Morgan fingerprint density at radius 1 is 1.28 bits per heavy atom. The van der Waals surface area contributed by atoms with E-state index in [0.29, 0.717) is 11.5 Å². The molecule has 3 aromatic heterocycles. The van der Waals surface area contributed by atoms with E-state index in [1.54, 1.807) is 51.9 Å². The van der Waals surface area contributed by atoms with Crippen molar-refractivity contribution in [1.29, 1.82) is 0 Å². The van der Waals surface area contributed by atoms with E-state index in [-0.39, 0.29) is 5.84 Å². The standard InChI is InChI=1S/C11H10N6O/c12-11(15-18)8-2-1-6-16(8)9-4-7-17-10(14-9)3-5-13-17/h1-7,18H,(H2,12,15). The van der Waals surface area contributed by atoms with Gasteiger partial charge in [0.05, 0.1) is 11.9 Å². The minimum Gasteiger partial charge on any atom is -0.409 e. The predicted molar refractivity (Wildman–Crippen MR) is 64.8 cm³/mol. The molecule has 3 N–H and O–H groups in total. The Morgan fingerprint density at radius 3 is 3.00 bits per heavy atom. The highest BCUT2D eigenvalue weighted by Crippen LogP contribution is 2.11. The SMILES string of the molecule is N/C(=N/O)c1cccn1-c1ccn2nccc2n1. The Bertz CT molecular complexity index is 726. The zero-order valence-corrected chi connectivity index (χ0v) is 9.30. The van der Waals surface area contributed by atoms with E-state index in [1.807, 2.05) is 0 Å². The third-order valence-electron chi connectivity index (χ3n) is 2.61. The topological polar surface area (TPSA) is 93.7 Å². The van der Waals surface area contributed by atoms with E-state index in [9.17, 15) is 0 Å². The second-order valence-corrected chi connectivity index (χ2v) is 3.67. The first kappa shape index (κ1) is 10.3. The van der Waals surface area contributed by atoms with Crippen LogP contribution in [0.2, 0.25) is 0 Å². The molecule has 90 valence electrons. The largest absolute Gasteiger partial charge is 0.409 e. The summed E-state index contributed by atoms with van der Waals surface area (Å²) in [4.78, 5) is 4.43. The first-order valence-corrected chi connectivity index (χ1v) is 5.25. The molecule has 0 bridgehead atoms. The van der Waals surface area contributed by atoms with Gasteiger partial charge in [0, 0.05) is 18.5 Å². The van der Waals surface area contributed by atoms with Crippen LogP contribution in [0.15, 0.2) is 48.0 Å². The van der Waals surface area contributed by atoms with Gasteiger partial charge in [-0.3, -0.25) is 4.57 Å². The molecule has 18 heavy (non-hydrogen) atoms. The number of hydrogen-bond donors (Lipinski definition) is 2. The summed E-state index contributed by atoms with van der Waals surface area (Å²) in [5, 5.41) is 15.8. The van der Waals surface area contributed by atoms with Gasteiger partial charge >= 0.3 is 0 Å². The van der Waals surface area contributed by atoms with Gasteiger partial charge in [0.15, 0.2) is 11.5 Å². The molecular weight excluding hydrogens is 232 g/mol. The van der Waals surface area contributed by atoms with Crippen molar-refractivity contribution in [2.24, 2.45) is 10.9 Å². The fourth-order valence-corrected chi connectivity index (χ4v) is 1.78. The lowest BCUT2D eigenvalue weighted by molar-refractivity contribution is 0.318. The van der Waals surface area contributed by atoms with Crippen LogP contribution in [0.5, 0.6) is 0 Å². The molecular formula is C11H10N6O. The molecule has 7 nitrogen and oxygen atoms in total. The first-order chi connectivity index (χ1) is 8.79. The normalized spacial score (nSPS) is 12.1. The molecule has 0 amide bonds. The van der Waals surface area contributed by atoms with Crippen LogP contribution in [-0.4, -0.2) is 30.2 Å². The van der Waals surface area contributed by atoms with Gasteiger partial charge in [0.1, 0.15) is 5.82 Å². The van der Waals surface area contributed by atoms with Crippen molar-refractivity contribution in [1.82, 2.24) is 19.2 Å². The van der Waals surface area contributed by atoms with Crippen LogP contribution < -0.4 is 5.73 Å². The average Bonchev–Trinajstić information content (AvgIpc) is 3.05. The fourth-order valence-electron chi connectivity index (χ4n) is 1.78. The van der Waals surface area contributed by atoms with Crippen molar-refractivity contribution in [2.75, 3.05) is 0 Å². The summed E-state index contributed by atoms with van der Waals surface area (Å²) in [5.41, 5.74) is 6.91. The molecule has 0 unspecified atom stereocenters. The minimum atomic E-state index is 0.0372. The summed E-state index contributed by atoms with van der Waals surface area (Å²) in [6, 6.07) is 7.15. The molecule has 0 atom stereocenters. The van der Waals surface area contributed by atoms with E-state index in [2.05, 4.69) is 15.2 Å². The van der Waals surface area contributed by atoms with Gasteiger partial charge in [-0.05, 0) is 18.2 Å². The van der Waals surface area contributed by atoms with E-state index in [0.717, 1.165) is 5.65 Å². The molecule has 3 heterocycles. The summed E-state index contributed by atoms with van der Waals surface area (Å²) < 4.78 is 3.40. The number of hydrogen-bond acceptors (Lipinski definition) is 4. The lowest BCUT2D eigenvalue weighted by Gasteiger charge is -2.07. The van der Waals surface area contributed by atoms with Gasteiger partial charge in [-0.15, -0.1) is 0 Å². The highest BCUT2D eigenvalue weighted by molar-refractivity contribution is 5.96. The summed E-state index contributed by atoms with van der Waals surface area (Å²) in [6.07, 6.45) is 5.27. The van der Waals surface area contributed by atoms with Crippen molar-refractivity contribution >= 4 is 11.5 Å². The summed E-state index contributed by atoms with van der Waals surface area (Å²) in [5.74, 6) is 0.713. The number of nitrogens with zero attached hydrogens (tertiary/aromatic N) is 5. The van der Waals surface area contributed by atoms with Crippen molar-refractivity contribution in [3.63, 3.8) is 0 Å². The van der Waals surface area contributed by atoms with Crippen molar-refractivity contribution < 1.29 is 5.21 Å². The number of aromatic nitrogens is 4. The van der Waals surface area contributed by atoms with Crippen LogP contribution >= 0.6 is 0 Å². The maximum absolute atomic E-state index is 8.73. The molecule has 0 aliphatic carbocycles. The van der Waals surface area contributed by atoms with Crippen molar-refractivity contribution in [3.05, 3.63) is 48.5 Å². The van der Waals surface area contributed by atoms with Crippen LogP contribution in [0, 0.1) is 0 Å². The van der Waals surface area contributed by atoms with Crippen molar-refractivity contribution in [3.8, 4) is 5.82 Å². The van der Waals surface area contributed by atoms with Gasteiger partial charge in [0.2, 0.25) is 0 Å². The Balaban J connectivity index is 2.17. The molecule has 3 aromatic rings. The van der Waals surface area contributed by atoms with Crippen LogP contribution in [0.1, 0.15) is 5.69 Å². The molecule has 0 saturated heterocycles. The van der Waals surface area contributed by atoms with Gasteiger partial charge in [-0.1, -0.05) is 5.16 Å². The Labute approximate surface area is 102 Å². The summed E-state index contributed by atoms with van der Waals surface area (Å²) in [7, 11) is 0. The van der Waals surface area contributed by atoms with Crippen LogP contribution in [0.25, 0.3) is 11.5 Å². The summed E-state index contributed by atoms with van der Waals surface area (Å²) >= 11 is 0. The number of nitrogens with two attached hydrogens (primary N) is 1. The Hall–Kier alpha value is -2.83. The molecule has 0 saturated carbocycles. The van der Waals surface area contributed by atoms with Gasteiger partial charge in [-0.25, -0.2) is 9.50 Å². The molecule has 0 aromatic carbocycles. The predicted octanol–water partition coefficient (Wildman–Crippen LogP) is 0.614. The van der Waals surface area contributed by atoms with Crippen LogP contribution in [0.4, 0.5) is 0 Å².